The molecule has 1 heterocycles. The number of likely N-dealkylation sites (N-methyl/N-ethyl adjacent to an activating group) is 1. The molecular formula is C18H23N3O5. The van der Waals surface area contributed by atoms with Gasteiger partial charge in [0.1, 0.15) is 13.0 Å². The number of esters is 1. The molecule has 0 N–H and O–H groups in total. The highest BCUT2D eigenvalue weighted by Crippen LogP contribution is 2.18. The Hall–Kier alpha value is -2.58. The number of nitrogens with zero attached hydrogens (tertiary/aromatic N) is 3. The Morgan fingerprint density at radius 2 is 1.92 bits per heavy atom. The maximum Gasteiger partial charge on any atom is 0.313 e. The zero-order valence-electron chi connectivity index (χ0n) is 14.8. The van der Waals surface area contributed by atoms with E-state index in [1.54, 1.807) is 12.1 Å². The fourth-order valence-corrected chi connectivity index (χ4v) is 2.59. The van der Waals surface area contributed by atoms with Crippen LogP contribution >= 0.6 is 0 Å². The van der Waals surface area contributed by atoms with Crippen LogP contribution in [0.2, 0.25) is 0 Å². The number of ketones is 1. The molecule has 1 aliphatic heterocycles. The van der Waals surface area contributed by atoms with Gasteiger partial charge in [-0.25, -0.2) is 0 Å². The summed E-state index contributed by atoms with van der Waals surface area (Å²) in [7, 11) is 2.07. The molecule has 1 aromatic rings. The number of ether oxygens (including phenoxy) is 1. The quantitative estimate of drug-likeness (QED) is 0.227. The molecule has 1 aromatic carbocycles. The van der Waals surface area contributed by atoms with Crippen LogP contribution in [-0.4, -0.2) is 72.9 Å². The molecule has 8 heteroatoms. The third-order valence-electron chi connectivity index (χ3n) is 4.17. The van der Waals surface area contributed by atoms with Crippen molar-refractivity contribution in [3.05, 3.63) is 46.0 Å². The number of allylic oxidation sites excluding steroid dienone is 1. The molecule has 1 fully saturated rings. The minimum Gasteiger partial charge on any atom is -0.464 e. The molecule has 1 aliphatic rings. The lowest BCUT2D eigenvalue weighted by molar-refractivity contribution is -0.385. The smallest absolute Gasteiger partial charge is 0.313 e. The Bertz CT molecular complexity index is 681. The number of hydrogen-bond acceptors (Lipinski definition) is 7. The molecule has 1 saturated heterocycles. The Morgan fingerprint density at radius 1 is 1.23 bits per heavy atom. The molecule has 0 atom stereocenters. The van der Waals surface area contributed by atoms with Crippen LogP contribution in [0.15, 0.2) is 30.3 Å². The average molecular weight is 361 g/mol. The van der Waals surface area contributed by atoms with E-state index in [1.807, 2.05) is 0 Å². The van der Waals surface area contributed by atoms with E-state index in [2.05, 4.69) is 16.8 Å². The normalized spacial score (nSPS) is 15.9. The molecule has 140 valence electrons. The number of hydrogen-bond donors (Lipinski definition) is 0. The van der Waals surface area contributed by atoms with Crippen LogP contribution in [-0.2, 0) is 14.3 Å². The van der Waals surface area contributed by atoms with Gasteiger partial charge in [-0.3, -0.25) is 24.6 Å². The first-order valence-corrected chi connectivity index (χ1v) is 8.46. The number of para-hydroxylation sites is 1. The van der Waals surface area contributed by atoms with Gasteiger partial charge < -0.3 is 9.64 Å². The molecule has 2 rings (SSSR count). The highest BCUT2D eigenvalue weighted by atomic mass is 16.6. The van der Waals surface area contributed by atoms with E-state index in [0.717, 1.165) is 26.2 Å². The highest BCUT2D eigenvalue weighted by molar-refractivity contribution is 6.04. The molecule has 0 unspecified atom stereocenters. The number of rotatable bonds is 8. The minimum atomic E-state index is -0.587. The van der Waals surface area contributed by atoms with Gasteiger partial charge >= 0.3 is 5.97 Å². The second kappa shape index (κ2) is 9.79. The number of benzene rings is 1. The number of nitro benzene ring substituents is 1. The molecule has 8 nitrogen and oxygen atoms in total. The first-order valence-electron chi connectivity index (χ1n) is 8.46. The van der Waals surface area contributed by atoms with E-state index in [0.29, 0.717) is 12.1 Å². The van der Waals surface area contributed by atoms with Crippen molar-refractivity contribution in [1.29, 1.82) is 0 Å². The van der Waals surface area contributed by atoms with Crippen LogP contribution in [0, 0.1) is 10.1 Å². The maximum absolute atomic E-state index is 11.8. The molecule has 0 aliphatic carbocycles. The zero-order valence-corrected chi connectivity index (χ0v) is 14.8. The lowest BCUT2D eigenvalue weighted by Crippen LogP contribution is -2.45. The van der Waals surface area contributed by atoms with E-state index in [4.69, 9.17) is 4.74 Å². The van der Waals surface area contributed by atoms with Gasteiger partial charge in [-0.2, -0.15) is 0 Å². The van der Waals surface area contributed by atoms with Crippen LogP contribution < -0.4 is 0 Å². The van der Waals surface area contributed by atoms with Gasteiger partial charge in [-0.1, -0.05) is 12.1 Å². The van der Waals surface area contributed by atoms with Gasteiger partial charge in [0.25, 0.3) is 5.69 Å². The molecule has 26 heavy (non-hydrogen) atoms. The van der Waals surface area contributed by atoms with Crippen molar-refractivity contribution in [2.75, 3.05) is 46.4 Å². The molecule has 0 spiro atoms. The Labute approximate surface area is 152 Å². The summed E-state index contributed by atoms with van der Waals surface area (Å²) in [6, 6.07) is 6.09. The van der Waals surface area contributed by atoms with Gasteiger partial charge in [0.15, 0.2) is 5.78 Å². The van der Waals surface area contributed by atoms with Crippen molar-refractivity contribution < 1.29 is 19.2 Å². The number of carbonyl (C=O) groups excluding carboxylic acids is 2. The van der Waals surface area contributed by atoms with Gasteiger partial charge in [0, 0.05) is 38.8 Å². The fraction of sp³-hybridized carbons (Fsp3) is 0.444. The van der Waals surface area contributed by atoms with Crippen molar-refractivity contribution >= 4 is 23.5 Å². The van der Waals surface area contributed by atoms with Crippen molar-refractivity contribution in [3.8, 4) is 0 Å². The van der Waals surface area contributed by atoms with Gasteiger partial charge in [-0.05, 0) is 25.3 Å². The summed E-state index contributed by atoms with van der Waals surface area (Å²) in [4.78, 5) is 38.4. The summed E-state index contributed by atoms with van der Waals surface area (Å²) >= 11 is 0. The molecule has 0 bridgehead atoms. The Kier molecular flexibility index (Phi) is 7.43. The highest BCUT2D eigenvalue weighted by Gasteiger charge is 2.15. The second-order valence-corrected chi connectivity index (χ2v) is 6.16. The van der Waals surface area contributed by atoms with Crippen LogP contribution in [0.5, 0.6) is 0 Å². The summed E-state index contributed by atoms with van der Waals surface area (Å²) in [5.74, 6) is -1.04. The lowest BCUT2D eigenvalue weighted by Gasteiger charge is -2.31. The SMILES string of the molecule is CN1CCN(CCOC(=O)CC(=O)C=Cc2ccccc2[N+](=O)[O-])CC1. The van der Waals surface area contributed by atoms with Crippen molar-refractivity contribution in [2.24, 2.45) is 0 Å². The third kappa shape index (κ3) is 6.38. The topological polar surface area (TPSA) is 93.0 Å². The van der Waals surface area contributed by atoms with Gasteiger partial charge in [0.05, 0.1) is 10.5 Å². The fourth-order valence-electron chi connectivity index (χ4n) is 2.59. The summed E-state index contributed by atoms with van der Waals surface area (Å²) in [6.45, 7) is 4.76. The van der Waals surface area contributed by atoms with Crippen molar-refractivity contribution in [1.82, 2.24) is 9.80 Å². The van der Waals surface area contributed by atoms with E-state index in [1.165, 1.54) is 24.3 Å². The first-order chi connectivity index (χ1) is 12.5. The van der Waals surface area contributed by atoms with Crippen LogP contribution in [0.1, 0.15) is 12.0 Å². The lowest BCUT2D eigenvalue weighted by atomic mass is 10.1. The van der Waals surface area contributed by atoms with Crippen LogP contribution in [0.3, 0.4) is 0 Å². The predicted molar refractivity (Wildman–Crippen MR) is 96.7 cm³/mol. The van der Waals surface area contributed by atoms with Gasteiger partial charge in [0.2, 0.25) is 0 Å². The van der Waals surface area contributed by atoms with E-state index in [-0.39, 0.29) is 18.7 Å². The average Bonchev–Trinajstić information content (AvgIpc) is 2.62. The Balaban J connectivity index is 1.73. The second-order valence-electron chi connectivity index (χ2n) is 6.16. The summed E-state index contributed by atoms with van der Waals surface area (Å²) < 4.78 is 5.10. The summed E-state index contributed by atoms with van der Waals surface area (Å²) in [6.07, 6.45) is 2.14. The standard InChI is InChI=1S/C18H23N3O5/c1-19-8-10-20(11-9-19)12-13-26-18(23)14-16(22)7-6-15-4-2-3-5-17(15)21(24)25/h2-7H,8-14H2,1H3. The van der Waals surface area contributed by atoms with Crippen molar-refractivity contribution in [2.45, 2.75) is 6.42 Å². The van der Waals surface area contributed by atoms with Gasteiger partial charge in [-0.15, -0.1) is 0 Å². The predicted octanol–water partition coefficient (Wildman–Crippen LogP) is 1.36. The first kappa shape index (κ1) is 19.7. The maximum atomic E-state index is 11.8. The van der Waals surface area contributed by atoms with Crippen LogP contribution in [0.25, 0.3) is 6.08 Å². The summed E-state index contributed by atoms with van der Waals surface area (Å²) in [5, 5.41) is 10.9. The molecule has 0 aromatic heterocycles. The number of piperazine rings is 1. The van der Waals surface area contributed by atoms with E-state index < -0.39 is 16.7 Å². The largest absolute Gasteiger partial charge is 0.464 e. The van der Waals surface area contributed by atoms with Crippen molar-refractivity contribution in [3.63, 3.8) is 0 Å². The Morgan fingerprint density at radius 3 is 2.62 bits per heavy atom. The number of nitro groups is 1. The zero-order chi connectivity index (χ0) is 18.9. The summed E-state index contributed by atoms with van der Waals surface area (Å²) in [5.41, 5.74) is 0.223. The molecular weight excluding hydrogens is 338 g/mol. The van der Waals surface area contributed by atoms with E-state index >= 15 is 0 Å². The molecule has 0 radical (unpaired) electrons. The monoisotopic (exact) mass is 361 g/mol. The minimum absolute atomic E-state index is 0.0914. The van der Waals surface area contributed by atoms with Crippen LogP contribution in [0.4, 0.5) is 5.69 Å². The number of carbonyl (C=O) groups is 2. The third-order valence-corrected chi connectivity index (χ3v) is 4.17. The molecule has 0 saturated carbocycles. The van der Waals surface area contributed by atoms with E-state index in [9.17, 15) is 19.7 Å². The molecule has 0 amide bonds.